The fourth-order valence-electron chi connectivity index (χ4n) is 3.33. The van der Waals surface area contributed by atoms with Crippen LogP contribution in [0.15, 0.2) is 42.5 Å². The summed E-state index contributed by atoms with van der Waals surface area (Å²) in [6.45, 7) is 1.79. The van der Waals surface area contributed by atoms with E-state index in [1.165, 1.54) is 18.2 Å². The smallest absolute Gasteiger partial charge is 0.320 e. The lowest BCUT2D eigenvalue weighted by molar-refractivity contribution is 0.236. The standard InChI is InChI=1S/C19H20F2N2O/c1-13-4-9-17(16(21)12-13)22-18(24)23-19(10-2-3-11-19)14-5-7-15(20)8-6-14/h4-9,12H,2-3,10-11H2,1H3,(H2,22,23,24). The summed E-state index contributed by atoms with van der Waals surface area (Å²) in [5.74, 6) is -0.773. The second kappa shape index (κ2) is 6.59. The van der Waals surface area contributed by atoms with E-state index in [-0.39, 0.29) is 11.5 Å². The predicted molar refractivity (Wildman–Crippen MR) is 89.8 cm³/mol. The number of amides is 2. The van der Waals surface area contributed by atoms with E-state index in [0.717, 1.165) is 36.8 Å². The van der Waals surface area contributed by atoms with Crippen LogP contribution >= 0.6 is 0 Å². The quantitative estimate of drug-likeness (QED) is 0.829. The van der Waals surface area contributed by atoms with Gasteiger partial charge in [0.2, 0.25) is 0 Å². The van der Waals surface area contributed by atoms with E-state index in [2.05, 4.69) is 10.6 Å². The van der Waals surface area contributed by atoms with Gasteiger partial charge >= 0.3 is 6.03 Å². The van der Waals surface area contributed by atoms with Gasteiger partial charge < -0.3 is 10.6 Å². The molecule has 0 unspecified atom stereocenters. The van der Waals surface area contributed by atoms with Gasteiger partial charge in [0.05, 0.1) is 11.2 Å². The third-order valence-electron chi connectivity index (χ3n) is 4.58. The van der Waals surface area contributed by atoms with Crippen molar-refractivity contribution in [2.75, 3.05) is 5.32 Å². The van der Waals surface area contributed by atoms with Crippen LogP contribution in [0.2, 0.25) is 0 Å². The minimum Gasteiger partial charge on any atom is -0.328 e. The molecule has 1 fully saturated rings. The first-order valence-corrected chi connectivity index (χ1v) is 8.10. The third-order valence-corrected chi connectivity index (χ3v) is 4.58. The molecule has 0 radical (unpaired) electrons. The van der Waals surface area contributed by atoms with E-state index in [1.54, 1.807) is 31.2 Å². The van der Waals surface area contributed by atoms with Crippen LogP contribution in [0.4, 0.5) is 19.3 Å². The maximum Gasteiger partial charge on any atom is 0.320 e. The number of benzene rings is 2. The Morgan fingerprint density at radius 3 is 2.33 bits per heavy atom. The van der Waals surface area contributed by atoms with Crippen LogP contribution in [0, 0.1) is 18.6 Å². The molecule has 126 valence electrons. The molecule has 5 heteroatoms. The molecule has 2 aromatic rings. The Bertz CT molecular complexity index is 738. The lowest BCUT2D eigenvalue weighted by Gasteiger charge is -2.31. The molecule has 24 heavy (non-hydrogen) atoms. The molecule has 0 aliphatic heterocycles. The molecule has 0 aromatic heterocycles. The molecular formula is C19H20F2N2O. The second-order valence-corrected chi connectivity index (χ2v) is 6.36. The monoisotopic (exact) mass is 330 g/mol. The van der Waals surface area contributed by atoms with Crippen molar-refractivity contribution in [3.63, 3.8) is 0 Å². The Morgan fingerprint density at radius 1 is 1.04 bits per heavy atom. The van der Waals surface area contributed by atoms with Gasteiger partial charge in [-0.1, -0.05) is 31.0 Å². The predicted octanol–water partition coefficient (Wildman–Crippen LogP) is 4.86. The Balaban J connectivity index is 1.78. The zero-order valence-corrected chi connectivity index (χ0v) is 13.5. The van der Waals surface area contributed by atoms with Crippen molar-refractivity contribution in [2.24, 2.45) is 0 Å². The fourth-order valence-corrected chi connectivity index (χ4v) is 3.33. The average molecular weight is 330 g/mol. The number of halogens is 2. The van der Waals surface area contributed by atoms with E-state index in [9.17, 15) is 13.6 Å². The number of anilines is 1. The summed E-state index contributed by atoms with van der Waals surface area (Å²) in [6, 6.07) is 10.4. The molecule has 2 N–H and O–H groups in total. The first-order valence-electron chi connectivity index (χ1n) is 8.10. The van der Waals surface area contributed by atoms with Crippen LogP contribution in [0.5, 0.6) is 0 Å². The molecule has 0 atom stereocenters. The van der Waals surface area contributed by atoms with Crippen LogP contribution in [0.3, 0.4) is 0 Å². The molecule has 1 saturated carbocycles. The number of hydrogen-bond acceptors (Lipinski definition) is 1. The number of rotatable bonds is 3. The SMILES string of the molecule is Cc1ccc(NC(=O)NC2(c3ccc(F)cc3)CCCC2)c(F)c1. The normalized spacial score (nSPS) is 16.0. The first-order chi connectivity index (χ1) is 11.5. The van der Waals surface area contributed by atoms with E-state index in [1.807, 2.05) is 0 Å². The van der Waals surface area contributed by atoms with Gasteiger partial charge in [0, 0.05) is 0 Å². The minimum atomic E-state index is -0.529. The lowest BCUT2D eigenvalue weighted by Crippen LogP contribution is -2.46. The highest BCUT2D eigenvalue weighted by Gasteiger charge is 2.37. The molecular weight excluding hydrogens is 310 g/mol. The van der Waals surface area contributed by atoms with E-state index < -0.39 is 17.4 Å². The molecule has 0 saturated heterocycles. The van der Waals surface area contributed by atoms with E-state index in [4.69, 9.17) is 0 Å². The first kappa shape index (κ1) is 16.4. The summed E-state index contributed by atoms with van der Waals surface area (Å²) < 4.78 is 27.1. The number of nitrogens with one attached hydrogen (secondary N) is 2. The van der Waals surface area contributed by atoms with Gasteiger partial charge in [-0.3, -0.25) is 0 Å². The van der Waals surface area contributed by atoms with Crippen molar-refractivity contribution >= 4 is 11.7 Å². The van der Waals surface area contributed by atoms with Crippen molar-refractivity contribution < 1.29 is 13.6 Å². The molecule has 3 rings (SSSR count). The van der Waals surface area contributed by atoms with Gasteiger partial charge in [0.1, 0.15) is 11.6 Å². The Morgan fingerprint density at radius 2 is 1.71 bits per heavy atom. The summed E-state index contributed by atoms with van der Waals surface area (Å²) >= 11 is 0. The topological polar surface area (TPSA) is 41.1 Å². The zero-order chi connectivity index (χ0) is 17.2. The van der Waals surface area contributed by atoms with Crippen LogP contribution in [-0.4, -0.2) is 6.03 Å². The minimum absolute atomic E-state index is 0.144. The lowest BCUT2D eigenvalue weighted by atomic mass is 9.88. The summed E-state index contributed by atoms with van der Waals surface area (Å²) in [4.78, 5) is 12.4. The molecule has 2 aromatic carbocycles. The average Bonchev–Trinajstić information content (AvgIpc) is 3.00. The zero-order valence-electron chi connectivity index (χ0n) is 13.5. The molecule has 0 spiro atoms. The Hall–Kier alpha value is -2.43. The molecule has 1 aliphatic carbocycles. The number of hydrogen-bond donors (Lipinski definition) is 2. The molecule has 3 nitrogen and oxygen atoms in total. The Kier molecular flexibility index (Phi) is 4.51. The number of aryl methyl sites for hydroxylation is 1. The van der Waals surface area contributed by atoms with Crippen molar-refractivity contribution in [2.45, 2.75) is 38.1 Å². The van der Waals surface area contributed by atoms with Gasteiger partial charge in [-0.2, -0.15) is 0 Å². The maximum atomic E-state index is 13.9. The van der Waals surface area contributed by atoms with Crippen molar-refractivity contribution in [1.82, 2.24) is 5.32 Å². The van der Waals surface area contributed by atoms with Gasteiger partial charge in [-0.15, -0.1) is 0 Å². The van der Waals surface area contributed by atoms with Crippen molar-refractivity contribution in [3.8, 4) is 0 Å². The molecule has 1 aliphatic rings. The largest absolute Gasteiger partial charge is 0.328 e. The summed E-state index contributed by atoms with van der Waals surface area (Å²) in [7, 11) is 0. The van der Waals surface area contributed by atoms with E-state index >= 15 is 0 Å². The Labute approximate surface area is 140 Å². The van der Waals surface area contributed by atoms with Gasteiger partial charge in [0.25, 0.3) is 0 Å². The molecule has 0 bridgehead atoms. The van der Waals surface area contributed by atoms with Crippen molar-refractivity contribution in [1.29, 1.82) is 0 Å². The number of carbonyl (C=O) groups excluding carboxylic acids is 1. The highest BCUT2D eigenvalue weighted by Crippen LogP contribution is 2.38. The van der Waals surface area contributed by atoms with Gasteiger partial charge in [0.15, 0.2) is 0 Å². The highest BCUT2D eigenvalue weighted by molar-refractivity contribution is 5.90. The highest BCUT2D eigenvalue weighted by atomic mass is 19.1. The maximum absolute atomic E-state index is 13.9. The van der Waals surface area contributed by atoms with Gasteiger partial charge in [-0.05, 0) is 55.2 Å². The number of carbonyl (C=O) groups is 1. The second-order valence-electron chi connectivity index (χ2n) is 6.36. The summed E-state index contributed by atoms with van der Waals surface area (Å²) in [5, 5.41) is 5.55. The molecule has 2 amide bonds. The van der Waals surface area contributed by atoms with Crippen molar-refractivity contribution in [3.05, 3.63) is 65.2 Å². The van der Waals surface area contributed by atoms with Crippen LogP contribution < -0.4 is 10.6 Å². The molecule has 0 heterocycles. The van der Waals surface area contributed by atoms with E-state index in [0.29, 0.717) is 0 Å². The van der Waals surface area contributed by atoms with Crippen LogP contribution in [0.25, 0.3) is 0 Å². The van der Waals surface area contributed by atoms with Crippen LogP contribution in [0.1, 0.15) is 36.8 Å². The third kappa shape index (κ3) is 3.40. The van der Waals surface area contributed by atoms with Crippen LogP contribution in [-0.2, 0) is 5.54 Å². The van der Waals surface area contributed by atoms with Gasteiger partial charge in [-0.25, -0.2) is 13.6 Å². The fraction of sp³-hybridized carbons (Fsp3) is 0.316. The number of urea groups is 1. The summed E-state index contributed by atoms with van der Waals surface area (Å²) in [5.41, 5.74) is 1.28. The summed E-state index contributed by atoms with van der Waals surface area (Å²) in [6.07, 6.45) is 3.53.